The van der Waals surface area contributed by atoms with Gasteiger partial charge >= 0.3 is 0 Å². The molecule has 2 aromatic carbocycles. The van der Waals surface area contributed by atoms with Crippen molar-refractivity contribution >= 4 is 5.69 Å². The molecule has 0 radical (unpaired) electrons. The zero-order valence-corrected chi connectivity index (χ0v) is 17.3. The molecule has 1 saturated carbocycles. The summed E-state index contributed by atoms with van der Waals surface area (Å²) >= 11 is 0. The number of nitrogens with two attached hydrogens (primary N) is 1. The van der Waals surface area contributed by atoms with E-state index >= 15 is 0 Å². The first-order valence-electron chi connectivity index (χ1n) is 10.6. The van der Waals surface area contributed by atoms with Gasteiger partial charge in [-0.3, -0.25) is 0 Å². The highest BCUT2D eigenvalue weighted by Gasteiger charge is 2.52. The van der Waals surface area contributed by atoms with Gasteiger partial charge in [0.15, 0.2) is 0 Å². The summed E-state index contributed by atoms with van der Waals surface area (Å²) in [5, 5.41) is 0. The van der Waals surface area contributed by atoms with Gasteiger partial charge in [0.2, 0.25) is 0 Å². The fraction of sp³-hybridized carbons (Fsp3) is 0.333. The fourth-order valence-electron chi connectivity index (χ4n) is 5.32. The predicted molar refractivity (Wildman–Crippen MR) is 120 cm³/mol. The molecule has 0 aliphatic heterocycles. The number of para-hydroxylation sites is 1. The Morgan fingerprint density at radius 2 is 1.90 bits per heavy atom. The van der Waals surface area contributed by atoms with E-state index in [1.165, 1.54) is 16.7 Å². The summed E-state index contributed by atoms with van der Waals surface area (Å²) in [6.45, 7) is 6.68. The van der Waals surface area contributed by atoms with E-state index in [4.69, 9.17) is 5.73 Å². The van der Waals surface area contributed by atoms with Crippen LogP contribution in [0.15, 0.2) is 84.5 Å². The molecule has 2 unspecified atom stereocenters. The van der Waals surface area contributed by atoms with Crippen molar-refractivity contribution in [2.45, 2.75) is 45.4 Å². The van der Waals surface area contributed by atoms with E-state index in [0.29, 0.717) is 0 Å². The minimum atomic E-state index is -0.178. The molecule has 0 aromatic heterocycles. The Morgan fingerprint density at radius 1 is 1.14 bits per heavy atom. The van der Waals surface area contributed by atoms with Crippen molar-refractivity contribution in [3.8, 4) is 0 Å². The Hall–Kier alpha value is -2.61. The summed E-state index contributed by atoms with van der Waals surface area (Å²) in [6, 6.07) is 15.1. The highest BCUT2D eigenvalue weighted by Crippen LogP contribution is 2.62. The zero-order valence-electron chi connectivity index (χ0n) is 17.3. The van der Waals surface area contributed by atoms with Crippen LogP contribution in [-0.2, 0) is 12.8 Å². The van der Waals surface area contributed by atoms with Gasteiger partial charge in [0, 0.05) is 11.1 Å². The van der Waals surface area contributed by atoms with Gasteiger partial charge in [0.1, 0.15) is 5.82 Å². The summed E-state index contributed by atoms with van der Waals surface area (Å²) in [4.78, 5) is 0. The molecule has 29 heavy (non-hydrogen) atoms. The van der Waals surface area contributed by atoms with Crippen LogP contribution >= 0.6 is 0 Å². The monoisotopic (exact) mass is 387 g/mol. The molecule has 2 aliphatic carbocycles. The van der Waals surface area contributed by atoms with Gasteiger partial charge < -0.3 is 5.73 Å². The second kappa shape index (κ2) is 7.67. The van der Waals surface area contributed by atoms with Gasteiger partial charge in [-0.05, 0) is 78.8 Å². The lowest BCUT2D eigenvalue weighted by atomic mass is 9.59. The highest BCUT2D eigenvalue weighted by molar-refractivity contribution is 5.47. The van der Waals surface area contributed by atoms with E-state index in [9.17, 15) is 4.39 Å². The summed E-state index contributed by atoms with van der Waals surface area (Å²) in [5.74, 6) is -0.178. The second-order valence-corrected chi connectivity index (χ2v) is 8.85. The number of aryl methyl sites for hydroxylation is 1. The summed E-state index contributed by atoms with van der Waals surface area (Å²) < 4.78 is 13.2. The van der Waals surface area contributed by atoms with Gasteiger partial charge in [-0.1, -0.05) is 61.1 Å². The van der Waals surface area contributed by atoms with Crippen LogP contribution in [0.25, 0.3) is 0 Å². The molecule has 2 atom stereocenters. The molecule has 2 heteroatoms. The third kappa shape index (κ3) is 3.57. The van der Waals surface area contributed by atoms with Gasteiger partial charge in [0.05, 0.1) is 0 Å². The highest BCUT2D eigenvalue weighted by atomic mass is 19.1. The number of anilines is 1. The standard InChI is InChI=1S/C27H30FN/c1-3-27(16-13-22-6-4-5-7-25(22)29)17-14-23-19-21(12-15-26(23,27)2)18-20-8-10-24(28)11-9-20/h3-12,19H,1,13-18,29H2,2H3. The first-order valence-corrected chi connectivity index (χ1v) is 10.6. The molecule has 0 spiro atoms. The van der Waals surface area contributed by atoms with Crippen molar-refractivity contribution < 1.29 is 4.39 Å². The second-order valence-electron chi connectivity index (χ2n) is 8.85. The van der Waals surface area contributed by atoms with Crippen LogP contribution in [0.5, 0.6) is 0 Å². The van der Waals surface area contributed by atoms with Crippen molar-refractivity contribution in [2.24, 2.45) is 10.8 Å². The summed E-state index contributed by atoms with van der Waals surface area (Å²) in [7, 11) is 0. The molecule has 2 aliphatic rings. The van der Waals surface area contributed by atoms with E-state index in [1.54, 1.807) is 12.1 Å². The molecule has 0 amide bonds. The van der Waals surface area contributed by atoms with Crippen LogP contribution in [0.4, 0.5) is 10.1 Å². The SMILES string of the molecule is C=CC1(CCc2ccccc2N)CCC2=CC(Cc3ccc(F)cc3)=CCC21C. The maximum absolute atomic E-state index is 13.2. The predicted octanol–water partition coefficient (Wildman–Crippen LogP) is 6.81. The average molecular weight is 388 g/mol. The average Bonchev–Trinajstić information content (AvgIpc) is 3.01. The van der Waals surface area contributed by atoms with Crippen LogP contribution < -0.4 is 5.73 Å². The first-order chi connectivity index (χ1) is 14.0. The lowest BCUT2D eigenvalue weighted by Gasteiger charge is -2.44. The van der Waals surface area contributed by atoms with Crippen molar-refractivity contribution in [1.82, 2.24) is 0 Å². The number of nitrogen functional groups attached to an aromatic ring is 1. The first kappa shape index (κ1) is 19.7. The molecule has 0 bridgehead atoms. The normalized spacial score (nSPS) is 25.9. The van der Waals surface area contributed by atoms with Crippen molar-refractivity contribution in [1.29, 1.82) is 0 Å². The van der Waals surface area contributed by atoms with E-state index in [-0.39, 0.29) is 16.6 Å². The van der Waals surface area contributed by atoms with Gasteiger partial charge in [-0.25, -0.2) is 4.39 Å². The Kier molecular flexibility index (Phi) is 5.21. The Labute approximate surface area is 173 Å². The number of hydrogen-bond acceptors (Lipinski definition) is 1. The minimum absolute atomic E-state index is 0.0963. The third-order valence-corrected chi connectivity index (χ3v) is 7.39. The Balaban J connectivity index is 1.53. The van der Waals surface area contributed by atoms with E-state index < -0.39 is 0 Å². The maximum atomic E-state index is 13.2. The third-order valence-electron chi connectivity index (χ3n) is 7.39. The van der Waals surface area contributed by atoms with Crippen LogP contribution in [0.1, 0.15) is 43.7 Å². The molecule has 2 aromatic rings. The zero-order chi connectivity index (χ0) is 20.5. The number of benzene rings is 2. The number of rotatable bonds is 6. The topological polar surface area (TPSA) is 26.0 Å². The summed E-state index contributed by atoms with van der Waals surface area (Å²) in [6.07, 6.45) is 13.2. The number of hydrogen-bond donors (Lipinski definition) is 1. The lowest BCUT2D eigenvalue weighted by Crippen LogP contribution is -2.35. The molecule has 150 valence electrons. The number of allylic oxidation sites excluding steroid dienone is 5. The van der Waals surface area contributed by atoms with Crippen LogP contribution in [-0.4, -0.2) is 0 Å². The number of fused-ring (bicyclic) bond motifs is 1. The Bertz CT molecular complexity index is 968. The molecule has 0 heterocycles. The maximum Gasteiger partial charge on any atom is 0.123 e. The molecule has 1 fully saturated rings. The van der Waals surface area contributed by atoms with E-state index in [0.717, 1.165) is 49.8 Å². The molecule has 2 N–H and O–H groups in total. The van der Waals surface area contributed by atoms with E-state index in [1.807, 2.05) is 24.3 Å². The van der Waals surface area contributed by atoms with Crippen LogP contribution in [0.3, 0.4) is 0 Å². The minimum Gasteiger partial charge on any atom is -0.399 e. The molecule has 1 nitrogen and oxygen atoms in total. The van der Waals surface area contributed by atoms with Crippen LogP contribution in [0, 0.1) is 16.6 Å². The number of halogens is 1. The van der Waals surface area contributed by atoms with Crippen LogP contribution in [0.2, 0.25) is 0 Å². The Morgan fingerprint density at radius 3 is 2.62 bits per heavy atom. The molecular weight excluding hydrogens is 357 g/mol. The fourth-order valence-corrected chi connectivity index (χ4v) is 5.32. The molecule has 0 saturated heterocycles. The van der Waals surface area contributed by atoms with Gasteiger partial charge in [-0.2, -0.15) is 0 Å². The van der Waals surface area contributed by atoms with Crippen molar-refractivity contribution in [3.05, 3.63) is 101 Å². The van der Waals surface area contributed by atoms with Gasteiger partial charge in [0.25, 0.3) is 0 Å². The lowest BCUT2D eigenvalue weighted by molar-refractivity contribution is 0.165. The van der Waals surface area contributed by atoms with Gasteiger partial charge in [-0.15, -0.1) is 6.58 Å². The largest absolute Gasteiger partial charge is 0.399 e. The smallest absolute Gasteiger partial charge is 0.123 e. The quantitative estimate of drug-likeness (QED) is 0.427. The molecule has 4 rings (SSSR count). The van der Waals surface area contributed by atoms with Crippen molar-refractivity contribution in [3.63, 3.8) is 0 Å². The summed E-state index contributed by atoms with van der Waals surface area (Å²) in [5.41, 5.74) is 12.6. The van der Waals surface area contributed by atoms with E-state index in [2.05, 4.69) is 43.9 Å². The van der Waals surface area contributed by atoms with Crippen molar-refractivity contribution in [2.75, 3.05) is 5.73 Å². The molecular formula is C27H30FN.